The molecule has 0 aromatic heterocycles. The summed E-state index contributed by atoms with van der Waals surface area (Å²) >= 11 is 3.24. The quantitative estimate of drug-likeness (QED) is 0.782. The summed E-state index contributed by atoms with van der Waals surface area (Å²) < 4.78 is 39.0. The fourth-order valence-corrected chi connectivity index (χ4v) is 2.97. The number of rotatable bonds is 2. The lowest BCUT2D eigenvalue weighted by Gasteiger charge is -2.31. The molecule has 1 fully saturated rings. The first-order valence-electron chi connectivity index (χ1n) is 6.70. The molecule has 0 spiro atoms. The standard InChI is InChI=1S/C14H16BrF3N2O/c15-9-4-5-12(19)11(7-9)13(21)20-10-3-1-2-8(6-10)14(16,17)18/h4-5,7-8,10H,1-3,6,19H2,(H,20,21). The Hall–Kier alpha value is -1.24. The molecule has 2 rings (SSSR count). The third kappa shape index (κ3) is 4.12. The van der Waals surface area contributed by atoms with Gasteiger partial charge < -0.3 is 11.1 Å². The van der Waals surface area contributed by atoms with E-state index >= 15 is 0 Å². The van der Waals surface area contributed by atoms with E-state index in [9.17, 15) is 18.0 Å². The molecule has 2 atom stereocenters. The maximum Gasteiger partial charge on any atom is 0.391 e. The van der Waals surface area contributed by atoms with Crippen molar-refractivity contribution in [1.29, 1.82) is 0 Å². The Bertz CT molecular complexity index is 533. The molecule has 1 aromatic rings. The molecule has 3 N–H and O–H groups in total. The van der Waals surface area contributed by atoms with E-state index in [-0.39, 0.29) is 18.4 Å². The number of carbonyl (C=O) groups excluding carboxylic acids is 1. The van der Waals surface area contributed by atoms with Crippen molar-refractivity contribution < 1.29 is 18.0 Å². The van der Waals surface area contributed by atoms with Crippen LogP contribution in [0.3, 0.4) is 0 Å². The van der Waals surface area contributed by atoms with Crippen molar-refractivity contribution in [2.45, 2.75) is 37.9 Å². The Morgan fingerprint density at radius 2 is 2.05 bits per heavy atom. The fourth-order valence-electron chi connectivity index (χ4n) is 2.61. The minimum absolute atomic E-state index is 0.0663. The lowest BCUT2D eigenvalue weighted by molar-refractivity contribution is -0.183. The second kappa shape index (κ2) is 6.25. The first-order valence-corrected chi connectivity index (χ1v) is 7.49. The topological polar surface area (TPSA) is 55.1 Å². The maximum atomic E-state index is 12.8. The Kier molecular flexibility index (Phi) is 4.81. The molecule has 7 heteroatoms. The van der Waals surface area contributed by atoms with Gasteiger partial charge >= 0.3 is 6.18 Å². The van der Waals surface area contributed by atoms with Crippen LogP contribution in [0, 0.1) is 5.92 Å². The van der Waals surface area contributed by atoms with E-state index in [0.29, 0.717) is 23.0 Å². The number of nitrogens with two attached hydrogens (primary N) is 1. The zero-order valence-corrected chi connectivity index (χ0v) is 12.8. The average Bonchev–Trinajstić information content (AvgIpc) is 2.41. The van der Waals surface area contributed by atoms with Gasteiger partial charge in [0, 0.05) is 16.2 Å². The highest BCUT2D eigenvalue weighted by Gasteiger charge is 2.42. The van der Waals surface area contributed by atoms with Crippen LogP contribution in [0.4, 0.5) is 18.9 Å². The lowest BCUT2D eigenvalue weighted by atomic mass is 9.85. The van der Waals surface area contributed by atoms with Crippen LogP contribution in [0.2, 0.25) is 0 Å². The van der Waals surface area contributed by atoms with Crippen LogP contribution in [-0.2, 0) is 0 Å². The van der Waals surface area contributed by atoms with Gasteiger partial charge in [-0.3, -0.25) is 4.79 Å². The van der Waals surface area contributed by atoms with Gasteiger partial charge in [-0.1, -0.05) is 22.4 Å². The van der Waals surface area contributed by atoms with Crippen LogP contribution in [0.15, 0.2) is 22.7 Å². The number of hydrogen-bond donors (Lipinski definition) is 2. The third-order valence-electron chi connectivity index (χ3n) is 3.73. The molecule has 0 radical (unpaired) electrons. The predicted molar refractivity (Wildman–Crippen MR) is 77.8 cm³/mol. The summed E-state index contributed by atoms with van der Waals surface area (Å²) in [6.45, 7) is 0. The molecule has 116 valence electrons. The van der Waals surface area contributed by atoms with E-state index < -0.39 is 24.0 Å². The molecule has 0 bridgehead atoms. The predicted octanol–water partition coefficient (Wildman–Crippen LogP) is 3.88. The first-order chi connectivity index (χ1) is 9.77. The summed E-state index contributed by atoms with van der Waals surface area (Å²) in [5.74, 6) is -1.77. The summed E-state index contributed by atoms with van der Waals surface area (Å²) in [7, 11) is 0. The number of nitrogens with one attached hydrogen (secondary N) is 1. The molecule has 1 aliphatic rings. The molecule has 3 nitrogen and oxygen atoms in total. The van der Waals surface area contributed by atoms with Gasteiger partial charge in [-0.05, 0) is 37.5 Å². The molecule has 21 heavy (non-hydrogen) atoms. The molecular weight excluding hydrogens is 349 g/mol. The van der Waals surface area contributed by atoms with Crippen LogP contribution in [-0.4, -0.2) is 18.1 Å². The van der Waals surface area contributed by atoms with Gasteiger partial charge in [-0.25, -0.2) is 0 Å². The molecule has 1 saturated carbocycles. The number of anilines is 1. The number of hydrogen-bond acceptors (Lipinski definition) is 2. The minimum Gasteiger partial charge on any atom is -0.398 e. The highest BCUT2D eigenvalue weighted by Crippen LogP contribution is 2.37. The van der Waals surface area contributed by atoms with Gasteiger partial charge in [0.05, 0.1) is 11.5 Å². The zero-order valence-electron chi connectivity index (χ0n) is 11.2. The smallest absolute Gasteiger partial charge is 0.391 e. The highest BCUT2D eigenvalue weighted by atomic mass is 79.9. The summed E-state index contributed by atoms with van der Waals surface area (Å²) in [4.78, 5) is 12.1. The van der Waals surface area contributed by atoms with Crippen LogP contribution < -0.4 is 11.1 Å². The maximum absolute atomic E-state index is 12.8. The number of carbonyl (C=O) groups is 1. The zero-order chi connectivity index (χ0) is 15.6. The molecular formula is C14H16BrF3N2O. The van der Waals surface area contributed by atoms with Gasteiger partial charge in [0.15, 0.2) is 0 Å². The van der Waals surface area contributed by atoms with Crippen molar-refractivity contribution >= 4 is 27.5 Å². The molecule has 0 aliphatic heterocycles. The Balaban J connectivity index is 2.04. The van der Waals surface area contributed by atoms with Crippen LogP contribution in [0.1, 0.15) is 36.0 Å². The minimum atomic E-state index is -4.20. The van der Waals surface area contributed by atoms with E-state index in [4.69, 9.17) is 5.73 Å². The Labute approximate surface area is 129 Å². The van der Waals surface area contributed by atoms with Crippen LogP contribution in [0.5, 0.6) is 0 Å². The van der Waals surface area contributed by atoms with Crippen LogP contribution >= 0.6 is 15.9 Å². The van der Waals surface area contributed by atoms with E-state index in [2.05, 4.69) is 21.2 Å². The van der Waals surface area contributed by atoms with E-state index in [1.807, 2.05) is 0 Å². The highest BCUT2D eigenvalue weighted by molar-refractivity contribution is 9.10. The molecule has 2 unspecified atom stereocenters. The molecule has 1 aromatic carbocycles. The first kappa shape index (κ1) is 16.1. The third-order valence-corrected chi connectivity index (χ3v) is 4.23. The largest absolute Gasteiger partial charge is 0.398 e. The SMILES string of the molecule is Nc1ccc(Br)cc1C(=O)NC1CCCC(C(F)(F)F)C1. The van der Waals surface area contributed by atoms with Crippen molar-refractivity contribution in [3.05, 3.63) is 28.2 Å². The molecule has 1 amide bonds. The molecule has 0 saturated heterocycles. The van der Waals surface area contributed by atoms with Gasteiger partial charge in [-0.15, -0.1) is 0 Å². The van der Waals surface area contributed by atoms with Crippen LogP contribution in [0.25, 0.3) is 0 Å². The lowest BCUT2D eigenvalue weighted by Crippen LogP contribution is -2.41. The summed E-state index contributed by atoms with van der Waals surface area (Å²) in [6, 6.07) is 4.38. The number of benzene rings is 1. The number of amides is 1. The number of alkyl halides is 3. The Morgan fingerprint density at radius 1 is 1.33 bits per heavy atom. The molecule has 0 heterocycles. The number of nitrogen functional groups attached to an aromatic ring is 1. The summed E-state index contributed by atoms with van der Waals surface area (Å²) in [5, 5.41) is 2.67. The monoisotopic (exact) mass is 364 g/mol. The fraction of sp³-hybridized carbons (Fsp3) is 0.500. The summed E-state index contributed by atoms with van der Waals surface area (Å²) in [5.41, 5.74) is 6.31. The normalized spacial score (nSPS) is 22.9. The average molecular weight is 365 g/mol. The van der Waals surface area contributed by atoms with Gasteiger partial charge in [-0.2, -0.15) is 13.2 Å². The second-order valence-corrected chi connectivity index (χ2v) is 6.22. The second-order valence-electron chi connectivity index (χ2n) is 5.31. The van der Waals surface area contributed by atoms with Crippen molar-refractivity contribution in [2.24, 2.45) is 5.92 Å². The van der Waals surface area contributed by atoms with E-state index in [1.165, 1.54) is 0 Å². The number of halogens is 4. The van der Waals surface area contributed by atoms with Gasteiger partial charge in [0.1, 0.15) is 0 Å². The summed E-state index contributed by atoms with van der Waals surface area (Å²) in [6.07, 6.45) is -3.11. The van der Waals surface area contributed by atoms with Gasteiger partial charge in [0.2, 0.25) is 0 Å². The van der Waals surface area contributed by atoms with E-state index in [0.717, 1.165) is 0 Å². The van der Waals surface area contributed by atoms with Crippen molar-refractivity contribution in [3.63, 3.8) is 0 Å². The van der Waals surface area contributed by atoms with Gasteiger partial charge in [0.25, 0.3) is 5.91 Å². The molecule has 1 aliphatic carbocycles. The van der Waals surface area contributed by atoms with E-state index in [1.54, 1.807) is 18.2 Å². The Morgan fingerprint density at radius 3 is 2.71 bits per heavy atom. The van der Waals surface area contributed by atoms with Crippen molar-refractivity contribution in [3.8, 4) is 0 Å². The van der Waals surface area contributed by atoms with Crippen molar-refractivity contribution in [1.82, 2.24) is 5.32 Å². The van der Waals surface area contributed by atoms with Crippen molar-refractivity contribution in [2.75, 3.05) is 5.73 Å².